The number of likely N-dealkylation sites (tertiary alicyclic amines) is 1. The summed E-state index contributed by atoms with van der Waals surface area (Å²) in [6.45, 7) is 3.65. The number of nitrogens with one attached hydrogen (secondary N) is 2. The third kappa shape index (κ3) is 6.66. The van der Waals surface area contributed by atoms with Gasteiger partial charge in [-0.2, -0.15) is 5.10 Å². The van der Waals surface area contributed by atoms with Crippen LogP contribution in [0.15, 0.2) is 47.3 Å². The lowest BCUT2D eigenvalue weighted by atomic mass is 10.0. The van der Waals surface area contributed by atoms with Crippen LogP contribution in [-0.2, 0) is 16.0 Å². The number of fused-ring (bicyclic) bond motifs is 3. The van der Waals surface area contributed by atoms with Gasteiger partial charge in [0.2, 0.25) is 5.91 Å². The number of carbonyl (C=O) groups is 2. The second-order valence-electron chi connectivity index (χ2n) is 13.1. The number of piperidine rings is 2. The summed E-state index contributed by atoms with van der Waals surface area (Å²) < 4.78 is 21.4. The molecular formula is C34H41FN6O4. The van der Waals surface area contributed by atoms with Crippen molar-refractivity contribution in [3.05, 3.63) is 75.5 Å². The van der Waals surface area contributed by atoms with Gasteiger partial charge in [-0.3, -0.25) is 19.3 Å². The van der Waals surface area contributed by atoms with Crippen molar-refractivity contribution in [2.45, 2.75) is 69.2 Å². The minimum absolute atomic E-state index is 0.00300. The third-order valence-electron chi connectivity index (χ3n) is 10.0. The number of hydrogen-bond donors (Lipinski definition) is 2. The predicted octanol–water partition coefficient (Wildman–Crippen LogP) is 2.70. The molecule has 0 aliphatic carbocycles. The van der Waals surface area contributed by atoms with E-state index in [0.29, 0.717) is 68.4 Å². The van der Waals surface area contributed by atoms with Crippen molar-refractivity contribution in [2.24, 2.45) is 0 Å². The molecule has 4 fully saturated rings. The molecule has 2 amide bonds. The smallest absolute Gasteiger partial charge is 0.272 e. The standard InChI is InChI=1S/C34H41FN6O4/c35-30-8-5-22(18-31-27-3-1-2-4-28(27)33(43)38-37-31)17-29(30)34(44)41-15-13-40(14-16-41)32(42)21-39-11-9-25(10-12-39)45-26-19-23-6-7-24(20-26)36-23/h1-5,8,17,23-26,36H,6-7,9-16,18-21H2,(H,38,43). The van der Waals surface area contributed by atoms with Gasteiger partial charge in [0.1, 0.15) is 5.82 Å². The van der Waals surface area contributed by atoms with Crippen LogP contribution in [0.1, 0.15) is 60.1 Å². The summed E-state index contributed by atoms with van der Waals surface area (Å²) in [6, 6.07) is 13.0. The highest BCUT2D eigenvalue weighted by atomic mass is 19.1. The quantitative estimate of drug-likeness (QED) is 0.420. The first-order chi connectivity index (χ1) is 21.9. The van der Waals surface area contributed by atoms with Gasteiger partial charge in [0.15, 0.2) is 0 Å². The van der Waals surface area contributed by atoms with Gasteiger partial charge in [0, 0.05) is 63.2 Å². The van der Waals surface area contributed by atoms with E-state index >= 15 is 0 Å². The molecule has 10 nitrogen and oxygen atoms in total. The zero-order chi connectivity index (χ0) is 30.9. The van der Waals surface area contributed by atoms with Crippen molar-refractivity contribution in [3.63, 3.8) is 0 Å². The summed E-state index contributed by atoms with van der Waals surface area (Å²) in [5, 5.41) is 11.7. The Bertz CT molecular complexity index is 1600. The zero-order valence-corrected chi connectivity index (χ0v) is 25.6. The molecule has 2 bridgehead atoms. The average molecular weight is 617 g/mol. The van der Waals surface area contributed by atoms with E-state index in [1.165, 1.54) is 18.9 Å². The van der Waals surface area contributed by atoms with Crippen LogP contribution in [0.4, 0.5) is 4.39 Å². The monoisotopic (exact) mass is 616 g/mol. The highest BCUT2D eigenvalue weighted by molar-refractivity contribution is 5.95. The Balaban J connectivity index is 0.895. The molecule has 45 heavy (non-hydrogen) atoms. The Morgan fingerprint density at radius 2 is 1.56 bits per heavy atom. The van der Waals surface area contributed by atoms with Crippen LogP contribution < -0.4 is 10.9 Å². The summed E-state index contributed by atoms with van der Waals surface area (Å²) in [5.74, 6) is -0.892. The van der Waals surface area contributed by atoms with Crippen LogP contribution in [-0.4, -0.2) is 107 Å². The largest absolute Gasteiger partial charge is 0.375 e. The molecule has 2 unspecified atom stereocenters. The highest BCUT2D eigenvalue weighted by Gasteiger charge is 2.36. The van der Waals surface area contributed by atoms with E-state index in [9.17, 15) is 18.8 Å². The number of amides is 2. The van der Waals surface area contributed by atoms with Crippen molar-refractivity contribution < 1.29 is 18.7 Å². The van der Waals surface area contributed by atoms with Crippen molar-refractivity contribution in [2.75, 3.05) is 45.8 Å². The van der Waals surface area contributed by atoms with E-state index in [1.807, 2.05) is 17.0 Å². The number of halogens is 1. The number of hydrogen-bond acceptors (Lipinski definition) is 7. The van der Waals surface area contributed by atoms with Gasteiger partial charge >= 0.3 is 0 Å². The molecule has 4 aliphatic rings. The molecule has 4 aliphatic heterocycles. The topological polar surface area (TPSA) is 111 Å². The van der Waals surface area contributed by atoms with Gasteiger partial charge in [-0.25, -0.2) is 9.49 Å². The summed E-state index contributed by atoms with van der Waals surface area (Å²) >= 11 is 0. The molecule has 2 aromatic carbocycles. The van der Waals surface area contributed by atoms with Crippen LogP contribution in [0, 0.1) is 5.82 Å². The van der Waals surface area contributed by atoms with Gasteiger partial charge in [0.25, 0.3) is 11.5 Å². The predicted molar refractivity (Wildman–Crippen MR) is 168 cm³/mol. The van der Waals surface area contributed by atoms with Gasteiger partial charge in [0.05, 0.1) is 35.4 Å². The zero-order valence-electron chi connectivity index (χ0n) is 25.6. The summed E-state index contributed by atoms with van der Waals surface area (Å²) in [5.41, 5.74) is 1.10. The number of aromatic amines is 1. The van der Waals surface area contributed by atoms with E-state index in [1.54, 1.807) is 29.2 Å². The normalized spacial score (nSPS) is 24.3. The third-order valence-corrected chi connectivity index (χ3v) is 10.0. The van der Waals surface area contributed by atoms with E-state index in [2.05, 4.69) is 20.4 Å². The van der Waals surface area contributed by atoms with Gasteiger partial charge in [-0.15, -0.1) is 0 Å². The Labute approximate surface area is 261 Å². The number of piperazine rings is 1. The number of ether oxygens (including phenoxy) is 1. The number of rotatable bonds is 7. The molecule has 5 heterocycles. The number of benzene rings is 2. The van der Waals surface area contributed by atoms with Gasteiger partial charge < -0.3 is 19.9 Å². The Kier molecular flexibility index (Phi) is 8.66. The van der Waals surface area contributed by atoms with E-state index in [0.717, 1.165) is 49.7 Å². The molecule has 0 spiro atoms. The first kappa shape index (κ1) is 30.0. The fraction of sp³-hybridized carbons (Fsp3) is 0.529. The number of nitrogens with zero attached hydrogens (tertiary/aromatic N) is 4. The lowest BCUT2D eigenvalue weighted by Gasteiger charge is -2.38. The summed E-state index contributed by atoms with van der Waals surface area (Å²) in [4.78, 5) is 44.3. The second-order valence-corrected chi connectivity index (χ2v) is 13.1. The maximum Gasteiger partial charge on any atom is 0.272 e. The van der Waals surface area contributed by atoms with Crippen molar-refractivity contribution in [1.29, 1.82) is 0 Å². The number of H-pyrrole nitrogens is 1. The minimum atomic E-state index is -0.582. The maximum absolute atomic E-state index is 14.9. The van der Waals surface area contributed by atoms with E-state index in [4.69, 9.17) is 4.74 Å². The Hall–Kier alpha value is -3.67. The van der Waals surface area contributed by atoms with Crippen LogP contribution >= 0.6 is 0 Å². The van der Waals surface area contributed by atoms with Crippen LogP contribution in [0.25, 0.3) is 10.8 Å². The van der Waals surface area contributed by atoms with Gasteiger partial charge in [-0.05, 0) is 62.3 Å². The lowest BCUT2D eigenvalue weighted by Crippen LogP contribution is -2.53. The van der Waals surface area contributed by atoms with Gasteiger partial charge in [-0.1, -0.05) is 24.3 Å². The molecule has 2 N–H and O–H groups in total. The first-order valence-electron chi connectivity index (χ1n) is 16.4. The molecule has 7 rings (SSSR count). The van der Waals surface area contributed by atoms with Crippen LogP contribution in [0.3, 0.4) is 0 Å². The second kappa shape index (κ2) is 13.0. The van der Waals surface area contributed by atoms with E-state index in [-0.39, 0.29) is 29.0 Å². The molecule has 238 valence electrons. The fourth-order valence-corrected chi connectivity index (χ4v) is 7.56. The minimum Gasteiger partial charge on any atom is -0.375 e. The molecule has 11 heteroatoms. The van der Waals surface area contributed by atoms with Crippen molar-refractivity contribution in [1.82, 2.24) is 30.2 Å². The number of aromatic nitrogens is 2. The van der Waals surface area contributed by atoms with Crippen molar-refractivity contribution >= 4 is 22.6 Å². The van der Waals surface area contributed by atoms with Crippen molar-refractivity contribution in [3.8, 4) is 0 Å². The molecule has 1 aromatic heterocycles. The fourth-order valence-electron chi connectivity index (χ4n) is 7.56. The molecule has 0 radical (unpaired) electrons. The average Bonchev–Trinajstić information content (AvgIpc) is 3.41. The summed E-state index contributed by atoms with van der Waals surface area (Å²) in [6.07, 6.45) is 7.66. The lowest BCUT2D eigenvalue weighted by molar-refractivity contribution is -0.135. The van der Waals surface area contributed by atoms with Crippen LogP contribution in [0.5, 0.6) is 0 Å². The van der Waals surface area contributed by atoms with E-state index < -0.39 is 5.82 Å². The summed E-state index contributed by atoms with van der Waals surface area (Å²) in [7, 11) is 0. The molecule has 3 aromatic rings. The molecule has 0 saturated carbocycles. The first-order valence-corrected chi connectivity index (χ1v) is 16.4. The molecular weight excluding hydrogens is 575 g/mol. The Morgan fingerprint density at radius 1 is 0.867 bits per heavy atom. The molecule has 4 saturated heterocycles. The SMILES string of the molecule is O=C(CN1CCC(OC2CC3CCC(C2)N3)CC1)N1CCN(C(=O)c2cc(Cc3n[nH]c(=O)c4ccccc34)ccc2F)CC1. The maximum atomic E-state index is 14.9. The molecule has 2 atom stereocenters. The number of carbonyl (C=O) groups excluding carboxylic acids is 2. The van der Waals surface area contributed by atoms with Crippen LogP contribution in [0.2, 0.25) is 0 Å². The highest BCUT2D eigenvalue weighted by Crippen LogP contribution is 2.30. The Morgan fingerprint density at radius 3 is 2.29 bits per heavy atom.